The number of rotatable bonds is 65. The minimum absolute atomic E-state index is 0.0784. The molecule has 0 aliphatic heterocycles. The first-order valence-electron chi connectivity index (χ1n) is 35.6. The fraction of sp³-hybridized carbons (Fsp3) is 0.776. The van der Waals surface area contributed by atoms with Gasteiger partial charge < -0.3 is 14.2 Å². The van der Waals surface area contributed by atoms with Gasteiger partial charge >= 0.3 is 17.9 Å². The monoisotopic (exact) mass is 1140 g/mol. The Hall–Kier alpha value is -3.41. The van der Waals surface area contributed by atoms with Gasteiger partial charge in [0, 0.05) is 19.3 Å². The molecule has 0 spiro atoms. The Bertz CT molecular complexity index is 1550. The van der Waals surface area contributed by atoms with Crippen LogP contribution in [0.5, 0.6) is 0 Å². The highest BCUT2D eigenvalue weighted by atomic mass is 16.6. The standard InChI is InChI=1S/C76H134O6/c1-4-7-10-13-16-19-22-24-26-28-30-32-34-36-38-40-42-44-46-48-50-52-54-57-60-63-66-69-75(78)81-72-73(71-80-74(77)68-65-62-59-56-21-18-15-12-9-6-3)82-76(79)70-67-64-61-58-55-53-51-49-47-45-43-41-39-37-35-33-31-29-27-25-23-20-17-14-11-8-5-2/h7,10,16,19,24,26,30,32,36,38,42,44,48,50,73H,4-6,8-9,11-15,17-18,20-23,25,27-29,31,33-35,37,39-41,43,45-47,49,51-72H2,1-3H3/b10-7-,19-16-,26-24-,32-30-,38-36-,44-42-,50-48-. The lowest BCUT2D eigenvalue weighted by Gasteiger charge is -2.18. The molecule has 82 heavy (non-hydrogen) atoms. The fourth-order valence-corrected chi connectivity index (χ4v) is 10.4. The molecule has 0 fully saturated rings. The molecule has 0 amide bonds. The maximum Gasteiger partial charge on any atom is 0.306 e. The van der Waals surface area contributed by atoms with Crippen LogP contribution in [-0.2, 0) is 28.6 Å². The smallest absolute Gasteiger partial charge is 0.306 e. The van der Waals surface area contributed by atoms with Crippen molar-refractivity contribution in [3.05, 3.63) is 85.1 Å². The molecule has 0 aromatic rings. The van der Waals surface area contributed by atoms with Gasteiger partial charge in [0.2, 0.25) is 0 Å². The normalized spacial score (nSPS) is 12.6. The van der Waals surface area contributed by atoms with E-state index in [1.807, 2.05) is 0 Å². The zero-order valence-corrected chi connectivity index (χ0v) is 54.5. The van der Waals surface area contributed by atoms with E-state index in [0.29, 0.717) is 19.3 Å². The molecular formula is C76H134O6. The summed E-state index contributed by atoms with van der Waals surface area (Å²) in [5.74, 6) is -0.881. The predicted octanol–water partition coefficient (Wildman–Crippen LogP) is 24.6. The molecular weight excluding hydrogens is 1010 g/mol. The molecule has 1 unspecified atom stereocenters. The van der Waals surface area contributed by atoms with E-state index < -0.39 is 6.10 Å². The van der Waals surface area contributed by atoms with E-state index in [-0.39, 0.29) is 31.1 Å². The van der Waals surface area contributed by atoms with Crippen LogP contribution in [0.15, 0.2) is 85.1 Å². The van der Waals surface area contributed by atoms with Crippen molar-refractivity contribution in [1.29, 1.82) is 0 Å². The molecule has 1 atom stereocenters. The molecule has 0 saturated carbocycles. The van der Waals surface area contributed by atoms with Crippen LogP contribution in [0, 0.1) is 0 Å². The second kappa shape index (κ2) is 70.1. The minimum Gasteiger partial charge on any atom is -0.462 e. The highest BCUT2D eigenvalue weighted by Gasteiger charge is 2.19. The van der Waals surface area contributed by atoms with E-state index in [2.05, 4.69) is 106 Å². The summed E-state index contributed by atoms with van der Waals surface area (Å²) in [7, 11) is 0. The topological polar surface area (TPSA) is 78.9 Å². The van der Waals surface area contributed by atoms with E-state index in [4.69, 9.17) is 14.2 Å². The number of esters is 3. The molecule has 0 bridgehead atoms. The number of carbonyl (C=O) groups is 3. The van der Waals surface area contributed by atoms with Crippen LogP contribution in [-0.4, -0.2) is 37.2 Å². The number of carbonyl (C=O) groups excluding carboxylic acids is 3. The molecule has 6 heteroatoms. The highest BCUT2D eigenvalue weighted by molar-refractivity contribution is 5.71. The molecule has 474 valence electrons. The Labute approximate surface area is 509 Å². The zero-order chi connectivity index (χ0) is 59.2. The number of allylic oxidation sites excluding steroid dienone is 14. The van der Waals surface area contributed by atoms with Gasteiger partial charge in [0.1, 0.15) is 13.2 Å². The number of hydrogen-bond acceptors (Lipinski definition) is 6. The third kappa shape index (κ3) is 67.4. The van der Waals surface area contributed by atoms with Crippen molar-refractivity contribution in [3.8, 4) is 0 Å². The Morgan fingerprint density at radius 3 is 0.744 bits per heavy atom. The summed E-state index contributed by atoms with van der Waals surface area (Å²) >= 11 is 0. The molecule has 0 radical (unpaired) electrons. The van der Waals surface area contributed by atoms with Crippen LogP contribution < -0.4 is 0 Å². The second-order valence-electron chi connectivity index (χ2n) is 23.8. The molecule has 0 aliphatic carbocycles. The number of ether oxygens (including phenoxy) is 3. The maximum absolute atomic E-state index is 12.9. The van der Waals surface area contributed by atoms with Gasteiger partial charge in [0.15, 0.2) is 6.10 Å². The molecule has 6 nitrogen and oxygen atoms in total. The first-order chi connectivity index (χ1) is 40.5. The van der Waals surface area contributed by atoms with Gasteiger partial charge in [-0.05, 0) is 77.0 Å². The summed E-state index contributed by atoms with van der Waals surface area (Å²) in [5.41, 5.74) is 0. The largest absolute Gasteiger partial charge is 0.462 e. The van der Waals surface area contributed by atoms with Gasteiger partial charge in [-0.15, -0.1) is 0 Å². The Morgan fingerprint density at radius 2 is 0.476 bits per heavy atom. The van der Waals surface area contributed by atoms with Crippen molar-refractivity contribution < 1.29 is 28.6 Å². The van der Waals surface area contributed by atoms with Gasteiger partial charge in [-0.3, -0.25) is 14.4 Å². The van der Waals surface area contributed by atoms with Crippen LogP contribution in [0.1, 0.15) is 361 Å². The van der Waals surface area contributed by atoms with Crippen LogP contribution in [0.25, 0.3) is 0 Å². The lowest BCUT2D eigenvalue weighted by molar-refractivity contribution is -0.167. The fourth-order valence-electron chi connectivity index (χ4n) is 10.4. The lowest BCUT2D eigenvalue weighted by Crippen LogP contribution is -2.30. The van der Waals surface area contributed by atoms with Gasteiger partial charge in [-0.1, -0.05) is 350 Å². The van der Waals surface area contributed by atoms with E-state index in [1.54, 1.807) is 0 Å². The summed E-state index contributed by atoms with van der Waals surface area (Å²) in [6, 6.07) is 0. The van der Waals surface area contributed by atoms with Crippen LogP contribution in [0.2, 0.25) is 0 Å². The Kier molecular flexibility index (Phi) is 67.2. The summed E-state index contributed by atoms with van der Waals surface area (Å²) < 4.78 is 16.9. The van der Waals surface area contributed by atoms with Crippen molar-refractivity contribution in [3.63, 3.8) is 0 Å². The SMILES string of the molecule is CC/C=C\C/C=C\C/C=C\C/C=C\C/C=C\C/C=C\C/C=C\CCCCCCCC(=O)OCC(COC(=O)CCCCCCCCCCCC)OC(=O)CCCCCCCCCCCCCCCCCCCCCCCCCCCCC. The van der Waals surface area contributed by atoms with Gasteiger partial charge in [0.05, 0.1) is 0 Å². The van der Waals surface area contributed by atoms with Crippen molar-refractivity contribution in [2.45, 2.75) is 367 Å². The van der Waals surface area contributed by atoms with Crippen LogP contribution >= 0.6 is 0 Å². The van der Waals surface area contributed by atoms with Crippen molar-refractivity contribution >= 4 is 17.9 Å². The van der Waals surface area contributed by atoms with Gasteiger partial charge in [-0.25, -0.2) is 0 Å². The highest BCUT2D eigenvalue weighted by Crippen LogP contribution is 2.18. The van der Waals surface area contributed by atoms with E-state index in [1.165, 1.54) is 199 Å². The van der Waals surface area contributed by atoms with Crippen LogP contribution in [0.4, 0.5) is 0 Å². The zero-order valence-electron chi connectivity index (χ0n) is 54.5. The quantitative estimate of drug-likeness (QED) is 0.0261. The molecule has 0 rings (SSSR count). The molecule has 0 aliphatic rings. The summed E-state index contributed by atoms with van der Waals surface area (Å²) in [6.07, 6.45) is 93.4. The minimum atomic E-state index is -0.783. The molecule has 0 saturated heterocycles. The lowest BCUT2D eigenvalue weighted by atomic mass is 10.0. The Morgan fingerprint density at radius 1 is 0.256 bits per heavy atom. The summed E-state index contributed by atoms with van der Waals surface area (Å²) in [5, 5.41) is 0. The third-order valence-corrected chi connectivity index (χ3v) is 15.7. The van der Waals surface area contributed by atoms with Crippen LogP contribution in [0.3, 0.4) is 0 Å². The summed E-state index contributed by atoms with van der Waals surface area (Å²) in [6.45, 7) is 6.55. The van der Waals surface area contributed by atoms with Crippen molar-refractivity contribution in [2.75, 3.05) is 13.2 Å². The number of unbranched alkanes of at least 4 members (excludes halogenated alkanes) is 40. The summed E-state index contributed by atoms with van der Waals surface area (Å²) in [4.78, 5) is 38.3. The molecule has 0 aromatic carbocycles. The third-order valence-electron chi connectivity index (χ3n) is 15.7. The van der Waals surface area contributed by atoms with E-state index in [9.17, 15) is 14.4 Å². The molecule has 0 N–H and O–H groups in total. The average Bonchev–Trinajstić information content (AvgIpc) is 3.48. The maximum atomic E-state index is 12.9. The van der Waals surface area contributed by atoms with Gasteiger partial charge in [-0.2, -0.15) is 0 Å². The van der Waals surface area contributed by atoms with E-state index in [0.717, 1.165) is 122 Å². The average molecular weight is 1140 g/mol. The first kappa shape index (κ1) is 78.6. The predicted molar refractivity (Wildman–Crippen MR) is 358 cm³/mol. The first-order valence-corrected chi connectivity index (χ1v) is 35.6. The van der Waals surface area contributed by atoms with Gasteiger partial charge in [0.25, 0.3) is 0 Å². The molecule has 0 aromatic heterocycles. The van der Waals surface area contributed by atoms with Crippen molar-refractivity contribution in [1.82, 2.24) is 0 Å². The Balaban J connectivity index is 4.22. The number of hydrogen-bond donors (Lipinski definition) is 0. The van der Waals surface area contributed by atoms with Crippen molar-refractivity contribution in [2.24, 2.45) is 0 Å². The second-order valence-corrected chi connectivity index (χ2v) is 23.8. The van der Waals surface area contributed by atoms with E-state index >= 15 is 0 Å². The molecule has 0 heterocycles.